The molecule has 0 saturated carbocycles. The summed E-state index contributed by atoms with van der Waals surface area (Å²) in [5.41, 5.74) is 2.45. The van der Waals surface area contributed by atoms with Gasteiger partial charge in [-0.1, -0.05) is 6.42 Å². The third-order valence-corrected chi connectivity index (χ3v) is 3.16. The molecule has 0 radical (unpaired) electrons. The minimum absolute atomic E-state index is 0.364. The number of hydrazine groups is 1. The van der Waals surface area contributed by atoms with Crippen LogP contribution in [-0.4, -0.2) is 40.5 Å². The van der Waals surface area contributed by atoms with E-state index in [1.807, 2.05) is 6.07 Å². The number of hydrogen-bond donors (Lipinski definition) is 3. The van der Waals surface area contributed by atoms with Crippen LogP contribution in [-0.2, 0) is 0 Å². The third-order valence-electron chi connectivity index (χ3n) is 3.16. The summed E-state index contributed by atoms with van der Waals surface area (Å²) in [6.45, 7) is 5.65. The first-order valence-electron chi connectivity index (χ1n) is 6.56. The Balaban J connectivity index is 1.83. The Hall–Kier alpha value is -1.40. The summed E-state index contributed by atoms with van der Waals surface area (Å²) >= 11 is 0. The van der Waals surface area contributed by atoms with Crippen molar-refractivity contribution in [2.75, 3.05) is 30.4 Å². The molecule has 6 nitrogen and oxygen atoms in total. The molecular weight excluding hydrogens is 228 g/mol. The summed E-state index contributed by atoms with van der Waals surface area (Å²) in [7, 11) is 0. The zero-order valence-electron chi connectivity index (χ0n) is 10.9. The lowest BCUT2D eigenvalue weighted by Gasteiger charge is -2.29. The van der Waals surface area contributed by atoms with E-state index in [9.17, 15) is 0 Å². The topological polar surface area (TPSA) is 79.1 Å². The molecule has 0 spiro atoms. The molecule has 0 amide bonds. The molecule has 1 aliphatic heterocycles. The number of hydrogen-bond acceptors (Lipinski definition) is 6. The SMILES string of the molecule is CC(CN1CCCCC1)Nc1ccnc(NN)n1. The van der Waals surface area contributed by atoms with Crippen LogP contribution in [0.5, 0.6) is 0 Å². The number of nitrogens with zero attached hydrogens (tertiary/aromatic N) is 3. The molecule has 1 aliphatic rings. The molecule has 6 heteroatoms. The average Bonchev–Trinajstić information content (AvgIpc) is 2.40. The molecule has 2 rings (SSSR count). The summed E-state index contributed by atoms with van der Waals surface area (Å²) in [5, 5.41) is 3.38. The highest BCUT2D eigenvalue weighted by Gasteiger charge is 2.13. The molecule has 0 aliphatic carbocycles. The van der Waals surface area contributed by atoms with Crippen molar-refractivity contribution >= 4 is 11.8 Å². The van der Waals surface area contributed by atoms with Crippen molar-refractivity contribution in [2.24, 2.45) is 5.84 Å². The molecule has 1 unspecified atom stereocenters. The second-order valence-corrected chi connectivity index (χ2v) is 4.82. The van der Waals surface area contributed by atoms with Crippen molar-refractivity contribution < 1.29 is 0 Å². The third kappa shape index (κ3) is 3.82. The molecule has 0 bridgehead atoms. The van der Waals surface area contributed by atoms with E-state index in [1.165, 1.54) is 32.4 Å². The van der Waals surface area contributed by atoms with E-state index in [2.05, 4.69) is 32.5 Å². The normalized spacial score (nSPS) is 18.3. The van der Waals surface area contributed by atoms with Crippen LogP contribution in [0.15, 0.2) is 12.3 Å². The summed E-state index contributed by atoms with van der Waals surface area (Å²) in [5.74, 6) is 6.53. The quantitative estimate of drug-likeness (QED) is 0.535. The van der Waals surface area contributed by atoms with Crippen LogP contribution >= 0.6 is 0 Å². The number of likely N-dealkylation sites (tertiary alicyclic amines) is 1. The molecule has 0 aromatic carbocycles. The van der Waals surface area contributed by atoms with Crippen LogP contribution in [0.25, 0.3) is 0 Å². The standard InChI is InChI=1S/C12H22N6/c1-10(9-18-7-3-2-4-8-18)15-11-5-6-14-12(16-11)17-13/h5-6,10H,2-4,7-9,13H2,1H3,(H2,14,15,16,17). The van der Waals surface area contributed by atoms with Crippen molar-refractivity contribution in [2.45, 2.75) is 32.2 Å². The van der Waals surface area contributed by atoms with Crippen molar-refractivity contribution in [3.8, 4) is 0 Å². The Bertz CT molecular complexity index is 363. The van der Waals surface area contributed by atoms with Crippen molar-refractivity contribution in [1.82, 2.24) is 14.9 Å². The van der Waals surface area contributed by atoms with Gasteiger partial charge in [-0.3, -0.25) is 5.43 Å². The van der Waals surface area contributed by atoms with Crippen LogP contribution in [0.2, 0.25) is 0 Å². The molecule has 1 aromatic rings. The molecule has 1 aromatic heterocycles. The van der Waals surface area contributed by atoms with E-state index in [0.717, 1.165) is 12.4 Å². The van der Waals surface area contributed by atoms with Crippen LogP contribution in [0, 0.1) is 0 Å². The number of nitrogens with one attached hydrogen (secondary N) is 2. The van der Waals surface area contributed by atoms with Gasteiger partial charge in [0.2, 0.25) is 5.95 Å². The van der Waals surface area contributed by atoms with Gasteiger partial charge in [0.25, 0.3) is 0 Å². The molecule has 4 N–H and O–H groups in total. The molecule has 18 heavy (non-hydrogen) atoms. The van der Waals surface area contributed by atoms with Gasteiger partial charge < -0.3 is 10.2 Å². The minimum atomic E-state index is 0.364. The predicted octanol–water partition coefficient (Wildman–Crippen LogP) is 1.05. The van der Waals surface area contributed by atoms with Gasteiger partial charge in [0.1, 0.15) is 5.82 Å². The van der Waals surface area contributed by atoms with Gasteiger partial charge in [0.15, 0.2) is 0 Å². The van der Waals surface area contributed by atoms with Crippen LogP contribution in [0.1, 0.15) is 26.2 Å². The van der Waals surface area contributed by atoms with Gasteiger partial charge in [-0.05, 0) is 38.9 Å². The number of rotatable bonds is 5. The maximum Gasteiger partial charge on any atom is 0.239 e. The zero-order chi connectivity index (χ0) is 12.8. The Kier molecular flexibility index (Phi) is 4.72. The first-order valence-corrected chi connectivity index (χ1v) is 6.56. The second kappa shape index (κ2) is 6.51. The van der Waals surface area contributed by atoms with Gasteiger partial charge in [-0.25, -0.2) is 10.8 Å². The fourth-order valence-electron chi connectivity index (χ4n) is 2.34. The zero-order valence-corrected chi connectivity index (χ0v) is 10.9. The molecular formula is C12H22N6. The van der Waals surface area contributed by atoms with Crippen LogP contribution < -0.4 is 16.6 Å². The van der Waals surface area contributed by atoms with Gasteiger partial charge >= 0.3 is 0 Å². The lowest BCUT2D eigenvalue weighted by Crippen LogP contribution is -2.38. The Morgan fingerprint density at radius 1 is 1.39 bits per heavy atom. The van der Waals surface area contributed by atoms with E-state index in [1.54, 1.807) is 6.20 Å². The highest BCUT2D eigenvalue weighted by molar-refractivity contribution is 5.39. The Labute approximate surface area is 108 Å². The van der Waals surface area contributed by atoms with Crippen molar-refractivity contribution in [1.29, 1.82) is 0 Å². The minimum Gasteiger partial charge on any atom is -0.366 e. The van der Waals surface area contributed by atoms with Crippen LogP contribution in [0.3, 0.4) is 0 Å². The fourth-order valence-corrected chi connectivity index (χ4v) is 2.34. The predicted molar refractivity (Wildman–Crippen MR) is 73.2 cm³/mol. The highest BCUT2D eigenvalue weighted by Crippen LogP contribution is 2.11. The van der Waals surface area contributed by atoms with E-state index >= 15 is 0 Å². The molecule has 1 fully saturated rings. The number of nitrogens with two attached hydrogens (primary N) is 1. The molecule has 1 atom stereocenters. The average molecular weight is 250 g/mol. The van der Waals surface area contributed by atoms with Crippen molar-refractivity contribution in [3.05, 3.63) is 12.3 Å². The maximum absolute atomic E-state index is 5.29. The summed E-state index contributed by atoms with van der Waals surface area (Å²) < 4.78 is 0. The highest BCUT2D eigenvalue weighted by atomic mass is 15.3. The monoisotopic (exact) mass is 250 g/mol. The maximum atomic E-state index is 5.29. The number of nitrogen functional groups attached to an aromatic ring is 1. The Morgan fingerprint density at radius 2 is 2.17 bits per heavy atom. The van der Waals surface area contributed by atoms with Gasteiger partial charge in [0.05, 0.1) is 0 Å². The van der Waals surface area contributed by atoms with E-state index in [-0.39, 0.29) is 0 Å². The number of piperidine rings is 1. The van der Waals surface area contributed by atoms with E-state index in [0.29, 0.717) is 12.0 Å². The summed E-state index contributed by atoms with van der Waals surface area (Å²) in [6.07, 6.45) is 5.71. The Morgan fingerprint density at radius 3 is 2.89 bits per heavy atom. The first kappa shape index (κ1) is 13.0. The molecule has 2 heterocycles. The van der Waals surface area contributed by atoms with Gasteiger partial charge in [-0.15, -0.1) is 0 Å². The fraction of sp³-hybridized carbons (Fsp3) is 0.667. The lowest BCUT2D eigenvalue weighted by atomic mass is 10.1. The smallest absolute Gasteiger partial charge is 0.239 e. The second-order valence-electron chi connectivity index (χ2n) is 4.82. The van der Waals surface area contributed by atoms with Gasteiger partial charge in [-0.2, -0.15) is 4.98 Å². The number of aromatic nitrogens is 2. The molecule has 100 valence electrons. The van der Waals surface area contributed by atoms with Crippen LogP contribution in [0.4, 0.5) is 11.8 Å². The summed E-state index contributed by atoms with van der Waals surface area (Å²) in [4.78, 5) is 10.7. The largest absolute Gasteiger partial charge is 0.366 e. The van der Waals surface area contributed by atoms with E-state index < -0.39 is 0 Å². The molecule has 1 saturated heterocycles. The number of anilines is 2. The van der Waals surface area contributed by atoms with E-state index in [4.69, 9.17) is 5.84 Å². The summed E-state index contributed by atoms with van der Waals surface area (Å²) in [6, 6.07) is 2.22. The van der Waals surface area contributed by atoms with Gasteiger partial charge in [0, 0.05) is 18.8 Å². The first-order chi connectivity index (χ1) is 8.78. The lowest BCUT2D eigenvalue weighted by molar-refractivity contribution is 0.223. The van der Waals surface area contributed by atoms with Crippen molar-refractivity contribution in [3.63, 3.8) is 0 Å².